The smallest absolute Gasteiger partial charge is 0.325 e. The van der Waals surface area contributed by atoms with Gasteiger partial charge in [0, 0.05) is 13.5 Å². The molecule has 6 nitrogen and oxygen atoms in total. The van der Waals surface area contributed by atoms with Gasteiger partial charge in [0.1, 0.15) is 19.2 Å². The summed E-state index contributed by atoms with van der Waals surface area (Å²) in [4.78, 5) is 37.0. The Hall–Kier alpha value is -2.37. The molecule has 0 bridgehead atoms. The first kappa shape index (κ1) is 17.0. The number of rotatable bonds is 5. The van der Waals surface area contributed by atoms with E-state index in [-0.39, 0.29) is 25.0 Å². The molecule has 1 N–H and O–H groups in total. The summed E-state index contributed by atoms with van der Waals surface area (Å²) in [5, 5.41) is 2.65. The number of amides is 2. The fourth-order valence-corrected chi connectivity index (χ4v) is 2.58. The molecule has 1 fully saturated rings. The van der Waals surface area contributed by atoms with Crippen molar-refractivity contribution in [2.45, 2.75) is 38.8 Å². The van der Waals surface area contributed by atoms with Gasteiger partial charge in [0.05, 0.1) is 0 Å². The first-order valence-corrected chi connectivity index (χ1v) is 7.81. The zero-order valence-electron chi connectivity index (χ0n) is 13.3. The Balaban J connectivity index is 1.87. The van der Waals surface area contributed by atoms with Gasteiger partial charge in [-0.3, -0.25) is 14.4 Å². The molecule has 1 aromatic carbocycles. The number of nitrogens with one attached hydrogen (secondary N) is 1. The quantitative estimate of drug-likeness (QED) is 0.829. The maximum atomic E-state index is 12.4. The Morgan fingerprint density at radius 1 is 1.26 bits per heavy atom. The second-order valence-corrected chi connectivity index (χ2v) is 5.65. The van der Waals surface area contributed by atoms with E-state index in [0.717, 1.165) is 18.4 Å². The summed E-state index contributed by atoms with van der Waals surface area (Å²) in [6, 6.07) is 8.84. The van der Waals surface area contributed by atoms with Crippen molar-refractivity contribution < 1.29 is 19.1 Å². The van der Waals surface area contributed by atoms with E-state index in [1.807, 2.05) is 30.3 Å². The molecule has 2 rings (SSSR count). The highest BCUT2D eigenvalue weighted by Gasteiger charge is 2.28. The summed E-state index contributed by atoms with van der Waals surface area (Å²) in [5.74, 6) is -0.892. The first-order valence-electron chi connectivity index (χ1n) is 7.81. The molecule has 0 saturated carbocycles. The molecule has 0 aromatic heterocycles. The normalized spacial score (nSPS) is 18.2. The lowest BCUT2D eigenvalue weighted by Gasteiger charge is -2.23. The lowest BCUT2D eigenvalue weighted by Crippen LogP contribution is -2.48. The van der Waals surface area contributed by atoms with Gasteiger partial charge in [-0.25, -0.2) is 0 Å². The summed E-state index contributed by atoms with van der Waals surface area (Å²) >= 11 is 0. The molecule has 0 aliphatic carbocycles. The number of likely N-dealkylation sites (tertiary alicyclic amines) is 1. The molecule has 1 aliphatic heterocycles. The van der Waals surface area contributed by atoms with E-state index < -0.39 is 12.0 Å². The molecule has 1 aliphatic rings. The Morgan fingerprint density at radius 2 is 2.00 bits per heavy atom. The van der Waals surface area contributed by atoms with E-state index in [0.29, 0.717) is 13.0 Å². The minimum atomic E-state index is -0.545. The predicted molar refractivity (Wildman–Crippen MR) is 84.3 cm³/mol. The molecule has 1 heterocycles. The van der Waals surface area contributed by atoms with E-state index in [1.54, 1.807) is 0 Å². The maximum absolute atomic E-state index is 12.4. The van der Waals surface area contributed by atoms with E-state index in [2.05, 4.69) is 5.32 Å². The molecule has 1 saturated heterocycles. The minimum Gasteiger partial charge on any atom is -0.459 e. The predicted octanol–water partition coefficient (Wildman–Crippen LogP) is 1.25. The molecule has 1 unspecified atom stereocenters. The lowest BCUT2D eigenvalue weighted by atomic mass is 10.1. The van der Waals surface area contributed by atoms with Gasteiger partial charge in [0.2, 0.25) is 11.8 Å². The third-order valence-corrected chi connectivity index (χ3v) is 3.72. The first-order chi connectivity index (χ1) is 11.1. The van der Waals surface area contributed by atoms with Gasteiger partial charge < -0.3 is 15.0 Å². The highest BCUT2D eigenvalue weighted by atomic mass is 16.5. The van der Waals surface area contributed by atoms with Gasteiger partial charge in [0.15, 0.2) is 0 Å². The zero-order chi connectivity index (χ0) is 16.7. The number of hydrogen-bond donors (Lipinski definition) is 1. The average molecular weight is 318 g/mol. The minimum absolute atomic E-state index is 0.0816. The van der Waals surface area contributed by atoms with E-state index in [1.165, 1.54) is 11.8 Å². The Kier molecular flexibility index (Phi) is 6.14. The maximum Gasteiger partial charge on any atom is 0.325 e. The molecular weight excluding hydrogens is 296 g/mol. The SMILES string of the molecule is CC(=O)NC1CCCCN(CC(=O)OCc2ccccc2)C1=O. The van der Waals surface area contributed by atoms with Crippen molar-refractivity contribution in [2.24, 2.45) is 0 Å². The van der Waals surface area contributed by atoms with Crippen LogP contribution in [0.4, 0.5) is 0 Å². The van der Waals surface area contributed by atoms with Crippen molar-refractivity contribution in [3.63, 3.8) is 0 Å². The van der Waals surface area contributed by atoms with Crippen LogP contribution in [-0.4, -0.2) is 41.8 Å². The van der Waals surface area contributed by atoms with Crippen LogP contribution < -0.4 is 5.32 Å². The Bertz CT molecular complexity index is 559. The molecule has 1 atom stereocenters. The Morgan fingerprint density at radius 3 is 2.70 bits per heavy atom. The number of carbonyl (C=O) groups is 3. The van der Waals surface area contributed by atoms with Crippen LogP contribution in [0.5, 0.6) is 0 Å². The highest BCUT2D eigenvalue weighted by molar-refractivity contribution is 5.89. The van der Waals surface area contributed by atoms with Crippen LogP contribution in [0.3, 0.4) is 0 Å². The molecule has 1 aromatic rings. The van der Waals surface area contributed by atoms with Gasteiger partial charge in [-0.05, 0) is 24.8 Å². The van der Waals surface area contributed by atoms with Crippen LogP contribution in [0, 0.1) is 0 Å². The van der Waals surface area contributed by atoms with Crippen molar-refractivity contribution in [3.8, 4) is 0 Å². The molecule has 2 amide bonds. The van der Waals surface area contributed by atoms with Crippen LogP contribution in [0.1, 0.15) is 31.7 Å². The van der Waals surface area contributed by atoms with E-state index in [9.17, 15) is 14.4 Å². The second-order valence-electron chi connectivity index (χ2n) is 5.65. The standard InChI is InChI=1S/C17H22N2O4/c1-13(20)18-15-9-5-6-10-19(17(15)22)11-16(21)23-12-14-7-3-2-4-8-14/h2-4,7-8,15H,5-6,9-12H2,1H3,(H,18,20). The number of ether oxygens (including phenoxy) is 1. The topological polar surface area (TPSA) is 75.7 Å². The summed E-state index contributed by atoms with van der Waals surface area (Å²) in [5.41, 5.74) is 0.902. The molecule has 0 spiro atoms. The summed E-state index contributed by atoms with van der Waals surface area (Å²) < 4.78 is 5.22. The number of esters is 1. The molecule has 124 valence electrons. The number of carbonyl (C=O) groups excluding carboxylic acids is 3. The van der Waals surface area contributed by atoms with Crippen LogP contribution in [0.15, 0.2) is 30.3 Å². The molecule has 6 heteroatoms. The lowest BCUT2D eigenvalue weighted by molar-refractivity contribution is -0.150. The van der Waals surface area contributed by atoms with Crippen molar-refractivity contribution in [2.75, 3.05) is 13.1 Å². The second kappa shape index (κ2) is 8.31. The largest absolute Gasteiger partial charge is 0.459 e. The summed E-state index contributed by atoms with van der Waals surface area (Å²) in [7, 11) is 0. The van der Waals surface area contributed by atoms with Crippen LogP contribution in [0.25, 0.3) is 0 Å². The molecular formula is C17H22N2O4. The van der Waals surface area contributed by atoms with Crippen molar-refractivity contribution in [1.29, 1.82) is 0 Å². The van der Waals surface area contributed by atoms with Gasteiger partial charge >= 0.3 is 5.97 Å². The van der Waals surface area contributed by atoms with Gasteiger partial charge in [0.25, 0.3) is 0 Å². The van der Waals surface area contributed by atoms with Crippen LogP contribution >= 0.6 is 0 Å². The monoisotopic (exact) mass is 318 g/mol. The van der Waals surface area contributed by atoms with E-state index in [4.69, 9.17) is 4.74 Å². The number of hydrogen-bond acceptors (Lipinski definition) is 4. The third kappa shape index (κ3) is 5.39. The van der Waals surface area contributed by atoms with E-state index >= 15 is 0 Å². The van der Waals surface area contributed by atoms with Crippen molar-refractivity contribution >= 4 is 17.8 Å². The molecule has 23 heavy (non-hydrogen) atoms. The van der Waals surface area contributed by atoms with Crippen molar-refractivity contribution in [3.05, 3.63) is 35.9 Å². The Labute approximate surface area is 135 Å². The third-order valence-electron chi connectivity index (χ3n) is 3.72. The summed E-state index contributed by atoms with van der Waals surface area (Å²) in [6.07, 6.45) is 2.26. The highest BCUT2D eigenvalue weighted by Crippen LogP contribution is 2.12. The number of nitrogens with zero attached hydrogens (tertiary/aromatic N) is 1. The van der Waals surface area contributed by atoms with Crippen LogP contribution in [0.2, 0.25) is 0 Å². The average Bonchev–Trinajstić information content (AvgIpc) is 2.69. The van der Waals surface area contributed by atoms with Gasteiger partial charge in [-0.1, -0.05) is 30.3 Å². The summed E-state index contributed by atoms with van der Waals surface area (Å²) in [6.45, 7) is 2.00. The van der Waals surface area contributed by atoms with Crippen LogP contribution in [-0.2, 0) is 25.7 Å². The fraction of sp³-hybridized carbons (Fsp3) is 0.471. The number of benzene rings is 1. The van der Waals surface area contributed by atoms with Gasteiger partial charge in [-0.15, -0.1) is 0 Å². The molecule has 0 radical (unpaired) electrons. The zero-order valence-corrected chi connectivity index (χ0v) is 13.3. The van der Waals surface area contributed by atoms with Crippen molar-refractivity contribution in [1.82, 2.24) is 10.2 Å². The fourth-order valence-electron chi connectivity index (χ4n) is 2.58. The van der Waals surface area contributed by atoms with Gasteiger partial charge in [-0.2, -0.15) is 0 Å².